The van der Waals surface area contributed by atoms with E-state index in [9.17, 15) is 9.59 Å². The molecule has 0 radical (unpaired) electrons. The van der Waals surface area contributed by atoms with Crippen LogP contribution in [0, 0.1) is 11.8 Å². The Bertz CT molecular complexity index is 466. The lowest BCUT2D eigenvalue weighted by atomic mass is 9.73. The van der Waals surface area contributed by atoms with Gasteiger partial charge in [-0.3, -0.25) is 9.59 Å². The normalized spacial score (nSPS) is 32.7. The van der Waals surface area contributed by atoms with Gasteiger partial charge in [0.05, 0.1) is 19.1 Å². The molecule has 2 unspecified atom stereocenters. The summed E-state index contributed by atoms with van der Waals surface area (Å²) in [5.74, 6) is 0.448. The topological polar surface area (TPSA) is 75.9 Å². The van der Waals surface area contributed by atoms with Crippen molar-refractivity contribution < 1.29 is 14.3 Å². The fourth-order valence-corrected chi connectivity index (χ4v) is 4.37. The molecule has 1 saturated carbocycles. The Balaban J connectivity index is 1.52. The predicted octanol–water partition coefficient (Wildman–Crippen LogP) is 0.991. The average Bonchev–Trinajstić information content (AvgIpc) is 2.61. The summed E-state index contributed by atoms with van der Waals surface area (Å²) >= 11 is 0. The molecule has 1 aliphatic carbocycles. The molecule has 3 fully saturated rings. The minimum atomic E-state index is -0.379. The molecule has 0 aromatic rings. The van der Waals surface area contributed by atoms with Gasteiger partial charge in [-0.25, -0.2) is 0 Å². The van der Waals surface area contributed by atoms with Gasteiger partial charge in [0, 0.05) is 37.6 Å². The highest BCUT2D eigenvalue weighted by Crippen LogP contribution is 2.34. The maximum atomic E-state index is 12.9. The quantitative estimate of drug-likeness (QED) is 0.815. The fraction of sp³-hybridized carbons (Fsp3) is 0.889. The van der Waals surface area contributed by atoms with Crippen LogP contribution in [0.5, 0.6) is 0 Å². The van der Waals surface area contributed by atoms with Crippen LogP contribution in [-0.2, 0) is 14.3 Å². The van der Waals surface area contributed by atoms with Gasteiger partial charge >= 0.3 is 0 Å². The lowest BCUT2D eigenvalue weighted by Gasteiger charge is -2.42. The highest BCUT2D eigenvalue weighted by atomic mass is 16.5. The third-order valence-electron chi connectivity index (χ3n) is 6.03. The van der Waals surface area contributed by atoms with E-state index >= 15 is 0 Å². The summed E-state index contributed by atoms with van der Waals surface area (Å²) in [6.07, 6.45) is 5.59. The second-order valence-electron chi connectivity index (χ2n) is 7.84. The summed E-state index contributed by atoms with van der Waals surface area (Å²) in [6, 6.07) is 0. The van der Waals surface area contributed by atoms with E-state index in [-0.39, 0.29) is 29.2 Å². The lowest BCUT2D eigenvalue weighted by molar-refractivity contribution is -0.146. The van der Waals surface area contributed by atoms with Gasteiger partial charge in [0.25, 0.3) is 0 Å². The first-order valence-electron chi connectivity index (χ1n) is 9.43. The van der Waals surface area contributed by atoms with Crippen LogP contribution < -0.4 is 5.73 Å². The number of rotatable bonds is 2. The molecule has 2 aliphatic heterocycles. The van der Waals surface area contributed by atoms with Gasteiger partial charge in [-0.2, -0.15) is 0 Å². The van der Waals surface area contributed by atoms with Crippen LogP contribution in [0.3, 0.4) is 0 Å². The summed E-state index contributed by atoms with van der Waals surface area (Å²) in [4.78, 5) is 29.3. The third kappa shape index (κ3) is 3.75. The highest BCUT2D eigenvalue weighted by Gasteiger charge is 2.41. The first kappa shape index (κ1) is 17.7. The number of carbonyl (C=O) groups is 2. The van der Waals surface area contributed by atoms with Crippen LogP contribution in [0.25, 0.3) is 0 Å². The van der Waals surface area contributed by atoms with Crippen molar-refractivity contribution in [2.24, 2.45) is 17.6 Å². The van der Waals surface area contributed by atoms with E-state index in [1.165, 1.54) is 0 Å². The molecule has 2 amide bonds. The number of ether oxygens (including phenoxy) is 1. The molecule has 2 heterocycles. The number of hydrogen-bond acceptors (Lipinski definition) is 4. The van der Waals surface area contributed by atoms with Crippen LogP contribution in [0.2, 0.25) is 0 Å². The Hall–Kier alpha value is -1.14. The molecule has 6 nitrogen and oxygen atoms in total. The number of carbonyl (C=O) groups excluding carboxylic acids is 2. The van der Waals surface area contributed by atoms with E-state index in [0.29, 0.717) is 39.4 Å². The molecular weight excluding hydrogens is 306 g/mol. The monoisotopic (exact) mass is 337 g/mol. The predicted molar refractivity (Wildman–Crippen MR) is 91.3 cm³/mol. The zero-order valence-corrected chi connectivity index (χ0v) is 14.8. The maximum Gasteiger partial charge on any atom is 0.227 e. The molecule has 0 aromatic heterocycles. The van der Waals surface area contributed by atoms with Gasteiger partial charge in [0.2, 0.25) is 11.8 Å². The van der Waals surface area contributed by atoms with Crippen LogP contribution >= 0.6 is 0 Å². The third-order valence-corrected chi connectivity index (χ3v) is 6.03. The number of amides is 2. The van der Waals surface area contributed by atoms with Gasteiger partial charge in [-0.15, -0.1) is 0 Å². The largest absolute Gasteiger partial charge is 0.378 e. The van der Waals surface area contributed by atoms with Gasteiger partial charge in [0.15, 0.2) is 0 Å². The number of hydrogen-bond donors (Lipinski definition) is 1. The zero-order chi connectivity index (χ0) is 17.2. The molecule has 3 rings (SSSR count). The van der Waals surface area contributed by atoms with Crippen molar-refractivity contribution >= 4 is 11.8 Å². The van der Waals surface area contributed by atoms with Crippen LogP contribution in [0.15, 0.2) is 0 Å². The van der Waals surface area contributed by atoms with E-state index in [1.807, 2.05) is 16.7 Å². The van der Waals surface area contributed by atoms with E-state index < -0.39 is 0 Å². The molecule has 2 N–H and O–H groups in total. The van der Waals surface area contributed by atoms with E-state index in [0.717, 1.165) is 38.5 Å². The second kappa shape index (κ2) is 7.40. The van der Waals surface area contributed by atoms with Crippen LogP contribution in [-0.4, -0.2) is 66.5 Å². The number of nitrogens with two attached hydrogens (primary N) is 1. The highest BCUT2D eigenvalue weighted by molar-refractivity contribution is 5.82. The van der Waals surface area contributed by atoms with Gasteiger partial charge in [0.1, 0.15) is 0 Å². The minimum absolute atomic E-state index is 0.0576. The molecular formula is C18H31N3O3. The summed E-state index contributed by atoms with van der Waals surface area (Å²) < 4.78 is 5.31. The van der Waals surface area contributed by atoms with Crippen LogP contribution in [0.1, 0.15) is 45.4 Å². The Labute approximate surface area is 144 Å². The van der Waals surface area contributed by atoms with Crippen molar-refractivity contribution in [1.29, 1.82) is 0 Å². The molecule has 0 aromatic carbocycles. The molecule has 136 valence electrons. The molecule has 3 aliphatic rings. The van der Waals surface area contributed by atoms with Gasteiger partial charge in [-0.1, -0.05) is 12.8 Å². The summed E-state index contributed by atoms with van der Waals surface area (Å²) in [5.41, 5.74) is 6.00. The first-order chi connectivity index (χ1) is 11.5. The first-order valence-corrected chi connectivity index (χ1v) is 9.43. The average molecular weight is 337 g/mol. The summed E-state index contributed by atoms with van der Waals surface area (Å²) in [5, 5.41) is 0. The second-order valence-corrected chi connectivity index (χ2v) is 7.84. The Morgan fingerprint density at radius 3 is 2.21 bits per heavy atom. The standard InChI is InChI=1S/C18H31N3O3/c1-18(19)7-3-2-4-15(18)17(23)20-8-5-14(6-9-20)16(22)21-10-12-24-13-11-21/h14-15H,2-13,19H2,1H3. The molecule has 2 saturated heterocycles. The zero-order valence-electron chi connectivity index (χ0n) is 14.8. The molecule has 2 atom stereocenters. The SMILES string of the molecule is CC1(N)CCCCC1C(=O)N1CCC(C(=O)N2CCOCC2)CC1. The van der Waals surface area contributed by atoms with Gasteiger partial charge in [-0.05, 0) is 32.6 Å². The fourth-order valence-electron chi connectivity index (χ4n) is 4.37. The van der Waals surface area contributed by atoms with Crippen molar-refractivity contribution in [3.8, 4) is 0 Å². The summed E-state index contributed by atoms with van der Waals surface area (Å²) in [7, 11) is 0. The van der Waals surface area contributed by atoms with Crippen LogP contribution in [0.4, 0.5) is 0 Å². The summed E-state index contributed by atoms with van der Waals surface area (Å²) in [6.45, 7) is 6.07. The van der Waals surface area contributed by atoms with E-state index in [2.05, 4.69) is 0 Å². The molecule has 6 heteroatoms. The van der Waals surface area contributed by atoms with Crippen molar-refractivity contribution in [3.63, 3.8) is 0 Å². The maximum absolute atomic E-state index is 12.9. The Morgan fingerprint density at radius 1 is 0.958 bits per heavy atom. The molecule has 24 heavy (non-hydrogen) atoms. The van der Waals surface area contributed by atoms with E-state index in [1.54, 1.807) is 0 Å². The smallest absolute Gasteiger partial charge is 0.227 e. The Morgan fingerprint density at radius 2 is 1.58 bits per heavy atom. The van der Waals surface area contributed by atoms with Crippen molar-refractivity contribution in [2.45, 2.75) is 51.0 Å². The van der Waals surface area contributed by atoms with E-state index in [4.69, 9.17) is 10.5 Å². The van der Waals surface area contributed by atoms with Crippen molar-refractivity contribution in [2.75, 3.05) is 39.4 Å². The van der Waals surface area contributed by atoms with Crippen molar-refractivity contribution in [1.82, 2.24) is 9.80 Å². The van der Waals surface area contributed by atoms with Gasteiger partial charge < -0.3 is 20.3 Å². The number of likely N-dealkylation sites (tertiary alicyclic amines) is 1. The van der Waals surface area contributed by atoms with Crippen molar-refractivity contribution in [3.05, 3.63) is 0 Å². The number of piperidine rings is 1. The molecule has 0 spiro atoms. The number of nitrogens with zero attached hydrogens (tertiary/aromatic N) is 2. The number of morpholine rings is 1. The minimum Gasteiger partial charge on any atom is -0.378 e. The Kier molecular flexibility index (Phi) is 5.45. The lowest BCUT2D eigenvalue weighted by Crippen LogP contribution is -2.55. The molecule has 0 bridgehead atoms.